The molecule has 1 rings (SSSR count). The van der Waals surface area contributed by atoms with Crippen LogP contribution in [0.2, 0.25) is 0 Å². The maximum absolute atomic E-state index is 11.3. The fourth-order valence-corrected chi connectivity index (χ4v) is 1.31. The van der Waals surface area contributed by atoms with Crippen LogP contribution in [0.4, 0.5) is 5.69 Å². The van der Waals surface area contributed by atoms with Crippen molar-refractivity contribution in [3.05, 3.63) is 29.3 Å². The van der Waals surface area contributed by atoms with Crippen LogP contribution in [0.1, 0.15) is 15.9 Å². The fraction of sp³-hybridized carbons (Fsp3) is 0.222. The summed E-state index contributed by atoms with van der Waals surface area (Å²) >= 11 is 5.64. The SMILES string of the molecule is COC(=O)c1c(N)cccc1CCl. The van der Waals surface area contributed by atoms with E-state index in [9.17, 15) is 4.79 Å². The monoisotopic (exact) mass is 199 g/mol. The number of ether oxygens (including phenoxy) is 1. The van der Waals surface area contributed by atoms with Crippen LogP contribution < -0.4 is 5.73 Å². The topological polar surface area (TPSA) is 52.3 Å². The number of alkyl halides is 1. The molecule has 0 unspecified atom stereocenters. The average molecular weight is 200 g/mol. The summed E-state index contributed by atoms with van der Waals surface area (Å²) < 4.78 is 4.58. The summed E-state index contributed by atoms with van der Waals surface area (Å²) in [4.78, 5) is 11.3. The molecule has 0 atom stereocenters. The van der Waals surface area contributed by atoms with Crippen LogP contribution in [-0.2, 0) is 10.6 Å². The summed E-state index contributed by atoms with van der Waals surface area (Å²) in [6.45, 7) is 0. The van der Waals surface area contributed by atoms with E-state index in [0.717, 1.165) is 0 Å². The van der Waals surface area contributed by atoms with E-state index in [2.05, 4.69) is 4.74 Å². The molecule has 0 fully saturated rings. The van der Waals surface area contributed by atoms with Gasteiger partial charge in [-0.2, -0.15) is 0 Å². The van der Waals surface area contributed by atoms with E-state index < -0.39 is 5.97 Å². The minimum atomic E-state index is -0.450. The van der Waals surface area contributed by atoms with Gasteiger partial charge in [-0.25, -0.2) is 4.79 Å². The van der Waals surface area contributed by atoms with Gasteiger partial charge in [-0.05, 0) is 11.6 Å². The first kappa shape index (κ1) is 9.86. The van der Waals surface area contributed by atoms with Crippen LogP contribution in [0.3, 0.4) is 0 Å². The molecule has 0 aliphatic rings. The molecule has 4 heteroatoms. The molecule has 13 heavy (non-hydrogen) atoms. The van der Waals surface area contributed by atoms with Gasteiger partial charge in [0.2, 0.25) is 0 Å². The molecule has 0 saturated carbocycles. The Morgan fingerprint density at radius 1 is 1.62 bits per heavy atom. The second kappa shape index (κ2) is 4.14. The van der Waals surface area contributed by atoms with Crippen molar-refractivity contribution >= 4 is 23.3 Å². The zero-order valence-electron chi connectivity index (χ0n) is 7.21. The van der Waals surface area contributed by atoms with Gasteiger partial charge in [0.15, 0.2) is 0 Å². The lowest BCUT2D eigenvalue weighted by Gasteiger charge is -2.07. The minimum Gasteiger partial charge on any atom is -0.465 e. The third-order valence-electron chi connectivity index (χ3n) is 1.72. The number of benzene rings is 1. The second-order valence-corrected chi connectivity index (χ2v) is 2.77. The molecule has 1 aromatic rings. The van der Waals surface area contributed by atoms with Crippen molar-refractivity contribution in [2.75, 3.05) is 12.8 Å². The third kappa shape index (κ3) is 1.92. The highest BCUT2D eigenvalue weighted by Crippen LogP contribution is 2.19. The molecule has 70 valence electrons. The number of methoxy groups -OCH3 is 1. The zero-order chi connectivity index (χ0) is 9.84. The van der Waals surface area contributed by atoms with Crippen LogP contribution in [0.5, 0.6) is 0 Å². The van der Waals surface area contributed by atoms with E-state index in [1.165, 1.54) is 7.11 Å². The zero-order valence-corrected chi connectivity index (χ0v) is 7.97. The molecule has 2 N–H and O–H groups in total. The number of carbonyl (C=O) groups is 1. The molecule has 0 radical (unpaired) electrons. The van der Waals surface area contributed by atoms with Crippen molar-refractivity contribution in [2.45, 2.75) is 5.88 Å². The summed E-state index contributed by atoms with van der Waals surface area (Å²) in [5.41, 5.74) is 7.06. The van der Waals surface area contributed by atoms with E-state index in [-0.39, 0.29) is 5.88 Å². The Bertz CT molecular complexity index is 325. The van der Waals surface area contributed by atoms with E-state index in [1.54, 1.807) is 18.2 Å². The standard InChI is InChI=1S/C9H10ClNO2/c1-13-9(12)8-6(5-10)3-2-4-7(8)11/h2-4H,5,11H2,1H3. The van der Waals surface area contributed by atoms with Crippen LogP contribution in [0, 0.1) is 0 Å². The van der Waals surface area contributed by atoms with Crippen molar-refractivity contribution < 1.29 is 9.53 Å². The summed E-state index contributed by atoms with van der Waals surface area (Å²) in [6.07, 6.45) is 0. The predicted molar refractivity (Wildman–Crippen MR) is 51.8 cm³/mol. The molecule has 0 heterocycles. The largest absolute Gasteiger partial charge is 0.465 e. The number of halogens is 1. The smallest absolute Gasteiger partial charge is 0.340 e. The Kier molecular flexibility index (Phi) is 3.14. The maximum atomic E-state index is 11.3. The lowest BCUT2D eigenvalue weighted by molar-refractivity contribution is 0.0601. The maximum Gasteiger partial charge on any atom is 0.340 e. The van der Waals surface area contributed by atoms with Crippen LogP contribution in [-0.4, -0.2) is 13.1 Å². The Morgan fingerprint density at radius 2 is 2.31 bits per heavy atom. The van der Waals surface area contributed by atoms with Crippen molar-refractivity contribution in [3.63, 3.8) is 0 Å². The Hall–Kier alpha value is -1.22. The molecule has 3 nitrogen and oxygen atoms in total. The molecule has 0 spiro atoms. The van der Waals surface area contributed by atoms with Crippen LogP contribution >= 0.6 is 11.6 Å². The van der Waals surface area contributed by atoms with Crippen molar-refractivity contribution in [3.8, 4) is 0 Å². The van der Waals surface area contributed by atoms with Crippen molar-refractivity contribution in [1.29, 1.82) is 0 Å². The van der Waals surface area contributed by atoms with Gasteiger partial charge >= 0.3 is 5.97 Å². The first-order valence-electron chi connectivity index (χ1n) is 3.72. The lowest BCUT2D eigenvalue weighted by atomic mass is 10.1. The number of carbonyl (C=O) groups excluding carboxylic acids is 1. The Labute approximate surface area is 81.4 Å². The molecular formula is C9H10ClNO2. The van der Waals surface area contributed by atoms with Gasteiger partial charge < -0.3 is 10.5 Å². The van der Waals surface area contributed by atoms with Gasteiger partial charge in [0.1, 0.15) is 0 Å². The van der Waals surface area contributed by atoms with Gasteiger partial charge in [-0.1, -0.05) is 12.1 Å². The van der Waals surface area contributed by atoms with Gasteiger partial charge in [0.25, 0.3) is 0 Å². The minimum absolute atomic E-state index is 0.246. The number of nitrogen functional groups attached to an aromatic ring is 1. The van der Waals surface area contributed by atoms with Gasteiger partial charge in [-0.15, -0.1) is 11.6 Å². The number of esters is 1. The number of hydrogen-bond acceptors (Lipinski definition) is 3. The van der Waals surface area contributed by atoms with Gasteiger partial charge in [0.05, 0.1) is 12.7 Å². The Morgan fingerprint density at radius 3 is 2.85 bits per heavy atom. The molecule has 1 aromatic carbocycles. The molecule has 0 aliphatic carbocycles. The van der Waals surface area contributed by atoms with Crippen molar-refractivity contribution in [2.24, 2.45) is 0 Å². The molecule has 0 aromatic heterocycles. The van der Waals surface area contributed by atoms with Crippen LogP contribution in [0.25, 0.3) is 0 Å². The molecule has 0 saturated heterocycles. The predicted octanol–water partition coefficient (Wildman–Crippen LogP) is 1.79. The second-order valence-electron chi connectivity index (χ2n) is 2.51. The normalized spacial score (nSPS) is 9.69. The van der Waals surface area contributed by atoms with Crippen LogP contribution in [0.15, 0.2) is 18.2 Å². The van der Waals surface area contributed by atoms with E-state index in [0.29, 0.717) is 16.8 Å². The highest BCUT2D eigenvalue weighted by molar-refractivity contribution is 6.18. The highest BCUT2D eigenvalue weighted by atomic mass is 35.5. The average Bonchev–Trinajstić information content (AvgIpc) is 2.16. The molecule has 0 amide bonds. The third-order valence-corrected chi connectivity index (χ3v) is 2.00. The number of anilines is 1. The fourth-order valence-electron chi connectivity index (χ4n) is 1.08. The van der Waals surface area contributed by atoms with Crippen molar-refractivity contribution in [1.82, 2.24) is 0 Å². The summed E-state index contributed by atoms with van der Waals surface area (Å²) in [7, 11) is 1.31. The summed E-state index contributed by atoms with van der Waals surface area (Å²) in [5, 5.41) is 0. The van der Waals surface area contributed by atoms with Gasteiger partial charge in [-0.3, -0.25) is 0 Å². The summed E-state index contributed by atoms with van der Waals surface area (Å²) in [5.74, 6) is -0.205. The number of nitrogens with two attached hydrogens (primary N) is 1. The Balaban J connectivity index is 3.22. The number of hydrogen-bond donors (Lipinski definition) is 1. The quantitative estimate of drug-likeness (QED) is 0.449. The summed E-state index contributed by atoms with van der Waals surface area (Å²) in [6, 6.07) is 5.14. The van der Waals surface area contributed by atoms with Gasteiger partial charge in [0, 0.05) is 11.6 Å². The number of rotatable bonds is 2. The first-order valence-corrected chi connectivity index (χ1v) is 4.25. The molecule has 0 aliphatic heterocycles. The first-order chi connectivity index (χ1) is 6.20. The molecular weight excluding hydrogens is 190 g/mol. The van der Waals surface area contributed by atoms with E-state index in [4.69, 9.17) is 17.3 Å². The van der Waals surface area contributed by atoms with E-state index in [1.807, 2.05) is 0 Å². The van der Waals surface area contributed by atoms with E-state index >= 15 is 0 Å². The lowest BCUT2D eigenvalue weighted by Crippen LogP contribution is -2.08. The molecule has 0 bridgehead atoms. The highest BCUT2D eigenvalue weighted by Gasteiger charge is 2.13.